The smallest absolute Gasteiger partial charge is 0.169 e. The standard InChI is InChI=1S/C14H16O/c1-9-3-4-10(2)12-11(9)5-6-14(7-8-14)13(12)15/h3-4H,5-8H2,1-2H3. The van der Waals surface area contributed by atoms with Gasteiger partial charge in [0.2, 0.25) is 0 Å². The number of ketones is 1. The van der Waals surface area contributed by atoms with Gasteiger partial charge < -0.3 is 0 Å². The van der Waals surface area contributed by atoms with E-state index in [1.807, 2.05) is 0 Å². The van der Waals surface area contributed by atoms with Crippen LogP contribution in [-0.2, 0) is 6.42 Å². The molecular weight excluding hydrogens is 184 g/mol. The van der Waals surface area contributed by atoms with Crippen molar-refractivity contribution in [2.45, 2.75) is 39.5 Å². The van der Waals surface area contributed by atoms with Crippen molar-refractivity contribution in [2.24, 2.45) is 5.41 Å². The number of hydrogen-bond donors (Lipinski definition) is 0. The molecule has 0 aliphatic heterocycles. The van der Waals surface area contributed by atoms with Gasteiger partial charge >= 0.3 is 0 Å². The van der Waals surface area contributed by atoms with E-state index in [0.29, 0.717) is 5.78 Å². The Morgan fingerprint density at radius 2 is 1.73 bits per heavy atom. The summed E-state index contributed by atoms with van der Waals surface area (Å²) in [6.45, 7) is 4.19. The normalized spacial score (nSPS) is 21.6. The minimum Gasteiger partial charge on any atom is -0.294 e. The zero-order chi connectivity index (χ0) is 10.6. The van der Waals surface area contributed by atoms with E-state index < -0.39 is 0 Å². The number of benzene rings is 1. The molecule has 1 fully saturated rings. The fraction of sp³-hybridized carbons (Fsp3) is 0.500. The summed E-state index contributed by atoms with van der Waals surface area (Å²) >= 11 is 0. The largest absolute Gasteiger partial charge is 0.294 e. The lowest BCUT2D eigenvalue weighted by Gasteiger charge is -2.25. The third-order valence-electron chi connectivity index (χ3n) is 4.17. The lowest BCUT2D eigenvalue weighted by Crippen LogP contribution is -2.25. The third kappa shape index (κ3) is 1.12. The number of carbonyl (C=O) groups excluding carboxylic acids is 1. The van der Waals surface area contributed by atoms with Crippen molar-refractivity contribution in [3.8, 4) is 0 Å². The summed E-state index contributed by atoms with van der Waals surface area (Å²) in [4.78, 5) is 12.4. The van der Waals surface area contributed by atoms with Crippen LogP contribution in [0.15, 0.2) is 12.1 Å². The molecule has 1 heteroatoms. The lowest BCUT2D eigenvalue weighted by molar-refractivity contribution is 0.0879. The van der Waals surface area contributed by atoms with Crippen molar-refractivity contribution in [1.82, 2.24) is 0 Å². The Morgan fingerprint density at radius 1 is 1.07 bits per heavy atom. The Labute approximate surface area is 90.5 Å². The van der Waals surface area contributed by atoms with Crippen LogP contribution in [-0.4, -0.2) is 5.78 Å². The Morgan fingerprint density at radius 3 is 2.40 bits per heavy atom. The molecule has 2 aliphatic rings. The number of Topliss-reactive ketones (excluding diaryl/α,β-unsaturated/α-hetero) is 1. The second-order valence-electron chi connectivity index (χ2n) is 5.16. The first-order chi connectivity index (χ1) is 7.14. The Bertz CT molecular complexity index is 453. The molecule has 1 spiro atoms. The average Bonchev–Trinajstić information content (AvgIpc) is 2.98. The van der Waals surface area contributed by atoms with Gasteiger partial charge in [-0.2, -0.15) is 0 Å². The lowest BCUT2D eigenvalue weighted by atomic mass is 9.77. The van der Waals surface area contributed by atoms with E-state index in [4.69, 9.17) is 0 Å². The van der Waals surface area contributed by atoms with Crippen LogP contribution < -0.4 is 0 Å². The molecule has 0 atom stereocenters. The SMILES string of the molecule is Cc1ccc(C)c2c1CCC1(CC1)C2=O. The summed E-state index contributed by atoms with van der Waals surface area (Å²) in [6, 6.07) is 4.24. The third-order valence-corrected chi connectivity index (χ3v) is 4.17. The number of carbonyl (C=O) groups is 1. The maximum Gasteiger partial charge on any atom is 0.169 e. The zero-order valence-electron chi connectivity index (χ0n) is 9.39. The molecule has 3 rings (SSSR count). The molecular formula is C14H16O. The van der Waals surface area contributed by atoms with E-state index in [9.17, 15) is 4.79 Å². The molecule has 0 saturated heterocycles. The Balaban J connectivity index is 2.22. The molecule has 2 aliphatic carbocycles. The molecule has 0 radical (unpaired) electrons. The molecule has 0 aromatic heterocycles. The van der Waals surface area contributed by atoms with Crippen molar-refractivity contribution in [3.05, 3.63) is 34.4 Å². The number of fused-ring (bicyclic) bond motifs is 1. The quantitative estimate of drug-likeness (QED) is 0.628. The van der Waals surface area contributed by atoms with E-state index in [0.717, 1.165) is 31.2 Å². The second kappa shape index (κ2) is 2.72. The zero-order valence-corrected chi connectivity index (χ0v) is 9.39. The predicted octanol–water partition coefficient (Wildman–Crippen LogP) is 3.21. The highest BCUT2D eigenvalue weighted by Crippen LogP contribution is 2.55. The molecule has 1 aromatic carbocycles. The minimum absolute atomic E-state index is 0.0750. The van der Waals surface area contributed by atoms with Crippen LogP contribution in [0.1, 0.15) is 46.3 Å². The molecule has 78 valence electrons. The summed E-state index contributed by atoms with van der Waals surface area (Å²) < 4.78 is 0. The molecule has 0 unspecified atom stereocenters. The summed E-state index contributed by atoms with van der Waals surface area (Å²) in [5.74, 6) is 0.435. The summed E-state index contributed by atoms with van der Waals surface area (Å²) in [7, 11) is 0. The highest BCUT2D eigenvalue weighted by Gasteiger charge is 2.52. The van der Waals surface area contributed by atoms with Gasteiger partial charge in [-0.05, 0) is 56.2 Å². The van der Waals surface area contributed by atoms with Crippen molar-refractivity contribution >= 4 is 5.78 Å². The fourth-order valence-corrected chi connectivity index (χ4v) is 2.88. The van der Waals surface area contributed by atoms with Gasteiger partial charge in [-0.3, -0.25) is 4.79 Å². The van der Waals surface area contributed by atoms with E-state index in [1.54, 1.807) is 0 Å². The summed E-state index contributed by atoms with van der Waals surface area (Å²) in [5.41, 5.74) is 4.91. The van der Waals surface area contributed by atoms with Crippen LogP contribution in [0.5, 0.6) is 0 Å². The maximum atomic E-state index is 12.4. The van der Waals surface area contributed by atoms with Crippen LogP contribution in [0, 0.1) is 19.3 Å². The monoisotopic (exact) mass is 200 g/mol. The van der Waals surface area contributed by atoms with Crippen molar-refractivity contribution < 1.29 is 4.79 Å². The van der Waals surface area contributed by atoms with Crippen molar-refractivity contribution in [2.75, 3.05) is 0 Å². The highest BCUT2D eigenvalue weighted by molar-refractivity contribution is 6.05. The van der Waals surface area contributed by atoms with Gasteiger partial charge in [0.05, 0.1) is 0 Å². The Kier molecular flexibility index (Phi) is 1.66. The van der Waals surface area contributed by atoms with Crippen molar-refractivity contribution in [1.29, 1.82) is 0 Å². The molecule has 0 amide bonds. The van der Waals surface area contributed by atoms with Crippen LogP contribution in [0.3, 0.4) is 0 Å². The van der Waals surface area contributed by atoms with E-state index in [2.05, 4.69) is 26.0 Å². The van der Waals surface area contributed by atoms with E-state index >= 15 is 0 Å². The van der Waals surface area contributed by atoms with Gasteiger partial charge in [0.15, 0.2) is 5.78 Å². The van der Waals surface area contributed by atoms with Crippen LogP contribution in [0.4, 0.5) is 0 Å². The maximum absolute atomic E-state index is 12.4. The topological polar surface area (TPSA) is 17.1 Å². The molecule has 0 heterocycles. The number of hydrogen-bond acceptors (Lipinski definition) is 1. The fourth-order valence-electron chi connectivity index (χ4n) is 2.88. The minimum atomic E-state index is 0.0750. The molecule has 0 N–H and O–H groups in total. The van der Waals surface area contributed by atoms with E-state index in [1.165, 1.54) is 16.7 Å². The van der Waals surface area contributed by atoms with Gasteiger partial charge in [0.1, 0.15) is 0 Å². The first-order valence-electron chi connectivity index (χ1n) is 5.78. The second-order valence-corrected chi connectivity index (χ2v) is 5.16. The first-order valence-corrected chi connectivity index (χ1v) is 5.78. The molecule has 0 bridgehead atoms. The number of rotatable bonds is 0. The molecule has 15 heavy (non-hydrogen) atoms. The van der Waals surface area contributed by atoms with Gasteiger partial charge in [0, 0.05) is 11.0 Å². The molecule has 1 saturated carbocycles. The van der Waals surface area contributed by atoms with Gasteiger partial charge in [-0.1, -0.05) is 12.1 Å². The van der Waals surface area contributed by atoms with Gasteiger partial charge in [0.25, 0.3) is 0 Å². The van der Waals surface area contributed by atoms with Crippen LogP contribution >= 0.6 is 0 Å². The predicted molar refractivity (Wildman–Crippen MR) is 60.2 cm³/mol. The highest BCUT2D eigenvalue weighted by atomic mass is 16.1. The average molecular weight is 200 g/mol. The summed E-state index contributed by atoms with van der Waals surface area (Å²) in [6.07, 6.45) is 4.44. The van der Waals surface area contributed by atoms with Gasteiger partial charge in [-0.25, -0.2) is 0 Å². The van der Waals surface area contributed by atoms with E-state index in [-0.39, 0.29) is 5.41 Å². The molecule has 1 nitrogen and oxygen atoms in total. The first kappa shape index (κ1) is 9.14. The van der Waals surface area contributed by atoms with Gasteiger partial charge in [-0.15, -0.1) is 0 Å². The number of aryl methyl sites for hydroxylation is 2. The van der Waals surface area contributed by atoms with Crippen molar-refractivity contribution in [3.63, 3.8) is 0 Å². The van der Waals surface area contributed by atoms with Crippen LogP contribution in [0.2, 0.25) is 0 Å². The summed E-state index contributed by atoms with van der Waals surface area (Å²) in [5, 5.41) is 0. The Hall–Kier alpha value is -1.11. The molecule has 1 aromatic rings. The van der Waals surface area contributed by atoms with Crippen LogP contribution in [0.25, 0.3) is 0 Å².